The Bertz CT molecular complexity index is 669. The van der Waals surface area contributed by atoms with E-state index in [0.29, 0.717) is 23.7 Å². The number of halogens is 1. The fourth-order valence-corrected chi connectivity index (χ4v) is 2.07. The molecule has 0 aliphatic heterocycles. The van der Waals surface area contributed by atoms with E-state index < -0.39 is 11.8 Å². The summed E-state index contributed by atoms with van der Waals surface area (Å²) >= 11 is 5.80. The van der Waals surface area contributed by atoms with E-state index in [1.165, 1.54) is 0 Å². The molecule has 2 aromatic rings. The van der Waals surface area contributed by atoms with E-state index in [0.717, 1.165) is 11.1 Å². The molecule has 2 N–H and O–H groups in total. The van der Waals surface area contributed by atoms with E-state index in [2.05, 4.69) is 10.6 Å². The number of hydrogen-bond acceptors (Lipinski definition) is 2. The maximum atomic E-state index is 11.8. The van der Waals surface area contributed by atoms with Crippen LogP contribution in [0.2, 0.25) is 5.02 Å². The Balaban J connectivity index is 1.80. The molecule has 0 fully saturated rings. The highest BCUT2D eigenvalue weighted by Gasteiger charge is 2.13. The molecule has 0 aliphatic carbocycles. The summed E-state index contributed by atoms with van der Waals surface area (Å²) in [5, 5.41) is 5.87. The molecule has 0 radical (unpaired) electrons. The summed E-state index contributed by atoms with van der Waals surface area (Å²) in [5.74, 6) is -1.30. The maximum absolute atomic E-state index is 11.8. The zero-order valence-corrected chi connectivity index (χ0v) is 13.0. The molecule has 0 atom stereocenters. The number of anilines is 1. The number of amides is 2. The summed E-state index contributed by atoms with van der Waals surface area (Å²) in [4.78, 5) is 23.6. The molecular weight excluding hydrogens is 300 g/mol. The number of carbonyl (C=O) groups excluding carboxylic acids is 2. The molecule has 0 bridgehead atoms. The van der Waals surface area contributed by atoms with Gasteiger partial charge in [-0.25, -0.2) is 0 Å². The third-order valence-corrected chi connectivity index (χ3v) is 3.46. The number of aryl methyl sites for hydroxylation is 1. The number of para-hydroxylation sites is 1. The highest BCUT2D eigenvalue weighted by atomic mass is 35.5. The second-order valence-electron chi connectivity index (χ2n) is 4.90. The zero-order valence-electron chi connectivity index (χ0n) is 12.2. The van der Waals surface area contributed by atoms with Gasteiger partial charge in [-0.2, -0.15) is 0 Å². The van der Waals surface area contributed by atoms with Crippen LogP contribution in [0.25, 0.3) is 0 Å². The Morgan fingerprint density at radius 1 is 1.00 bits per heavy atom. The average molecular weight is 317 g/mol. The first kappa shape index (κ1) is 16.0. The van der Waals surface area contributed by atoms with Crippen LogP contribution in [-0.2, 0) is 16.0 Å². The molecule has 22 heavy (non-hydrogen) atoms. The first-order valence-electron chi connectivity index (χ1n) is 6.95. The van der Waals surface area contributed by atoms with Crippen LogP contribution in [0, 0.1) is 6.92 Å². The van der Waals surface area contributed by atoms with E-state index in [1.54, 1.807) is 24.3 Å². The fourth-order valence-electron chi connectivity index (χ4n) is 1.94. The van der Waals surface area contributed by atoms with Crippen molar-refractivity contribution >= 4 is 29.1 Å². The van der Waals surface area contributed by atoms with Crippen LogP contribution in [0.15, 0.2) is 48.5 Å². The van der Waals surface area contributed by atoms with E-state index in [1.807, 2.05) is 31.2 Å². The molecule has 5 heteroatoms. The Labute approximate surface area is 134 Å². The second-order valence-corrected chi connectivity index (χ2v) is 5.34. The zero-order chi connectivity index (χ0) is 15.9. The number of rotatable bonds is 4. The van der Waals surface area contributed by atoms with Crippen molar-refractivity contribution < 1.29 is 9.59 Å². The van der Waals surface area contributed by atoms with Gasteiger partial charge in [-0.05, 0) is 42.7 Å². The van der Waals surface area contributed by atoms with Gasteiger partial charge in [0.15, 0.2) is 0 Å². The van der Waals surface area contributed by atoms with Gasteiger partial charge in [0.2, 0.25) is 0 Å². The molecule has 2 amide bonds. The quantitative estimate of drug-likeness (QED) is 0.852. The first-order valence-corrected chi connectivity index (χ1v) is 7.33. The minimum absolute atomic E-state index is 0.391. The molecule has 0 saturated heterocycles. The van der Waals surface area contributed by atoms with Crippen molar-refractivity contribution in [2.75, 3.05) is 11.9 Å². The number of hydrogen-bond donors (Lipinski definition) is 2. The minimum Gasteiger partial charge on any atom is -0.347 e. The highest BCUT2D eigenvalue weighted by molar-refractivity contribution is 6.39. The lowest BCUT2D eigenvalue weighted by Gasteiger charge is -2.08. The summed E-state index contributed by atoms with van der Waals surface area (Å²) in [6, 6.07) is 14.7. The van der Waals surface area contributed by atoms with Gasteiger partial charge in [-0.15, -0.1) is 0 Å². The van der Waals surface area contributed by atoms with Gasteiger partial charge in [0.25, 0.3) is 0 Å². The maximum Gasteiger partial charge on any atom is 0.313 e. The monoisotopic (exact) mass is 316 g/mol. The van der Waals surface area contributed by atoms with Crippen LogP contribution >= 0.6 is 11.6 Å². The Morgan fingerprint density at radius 3 is 2.36 bits per heavy atom. The molecular formula is C17H17ClN2O2. The van der Waals surface area contributed by atoms with Crippen LogP contribution in [-0.4, -0.2) is 18.4 Å². The molecule has 0 heterocycles. The van der Waals surface area contributed by atoms with Crippen LogP contribution in [0.5, 0.6) is 0 Å². The Morgan fingerprint density at radius 2 is 1.68 bits per heavy atom. The van der Waals surface area contributed by atoms with Crippen LogP contribution in [0.4, 0.5) is 5.69 Å². The summed E-state index contributed by atoms with van der Waals surface area (Å²) in [6.45, 7) is 2.26. The molecule has 0 aliphatic rings. The van der Waals surface area contributed by atoms with E-state index in [-0.39, 0.29) is 0 Å². The van der Waals surface area contributed by atoms with Crippen molar-refractivity contribution in [1.82, 2.24) is 5.32 Å². The smallest absolute Gasteiger partial charge is 0.313 e. The fraction of sp³-hybridized carbons (Fsp3) is 0.176. The molecule has 0 unspecified atom stereocenters. The van der Waals surface area contributed by atoms with Gasteiger partial charge < -0.3 is 10.6 Å². The van der Waals surface area contributed by atoms with Crippen molar-refractivity contribution in [3.63, 3.8) is 0 Å². The van der Waals surface area contributed by atoms with Crippen LogP contribution < -0.4 is 10.6 Å². The number of benzene rings is 2. The van der Waals surface area contributed by atoms with E-state index >= 15 is 0 Å². The number of nitrogens with one attached hydrogen (secondary N) is 2. The van der Waals surface area contributed by atoms with Gasteiger partial charge in [0.05, 0.1) is 0 Å². The highest BCUT2D eigenvalue weighted by Crippen LogP contribution is 2.12. The second kappa shape index (κ2) is 7.61. The summed E-state index contributed by atoms with van der Waals surface area (Å²) in [7, 11) is 0. The van der Waals surface area contributed by atoms with E-state index in [9.17, 15) is 9.59 Å². The lowest BCUT2D eigenvalue weighted by molar-refractivity contribution is -0.136. The van der Waals surface area contributed by atoms with Crippen LogP contribution in [0.3, 0.4) is 0 Å². The minimum atomic E-state index is -0.662. The number of carbonyl (C=O) groups is 2. The third kappa shape index (κ3) is 4.60. The topological polar surface area (TPSA) is 58.2 Å². The lowest BCUT2D eigenvalue weighted by Crippen LogP contribution is -2.36. The standard InChI is InChI=1S/C17H17ClN2O2/c1-12-4-2-3-5-15(12)20-17(22)16(21)19-11-10-13-6-8-14(18)9-7-13/h2-9H,10-11H2,1H3,(H,19,21)(H,20,22). The van der Waals surface area contributed by atoms with Gasteiger partial charge in [-0.1, -0.05) is 41.9 Å². The SMILES string of the molecule is Cc1ccccc1NC(=O)C(=O)NCCc1ccc(Cl)cc1. The van der Waals surface area contributed by atoms with E-state index in [4.69, 9.17) is 11.6 Å². The van der Waals surface area contributed by atoms with Crippen molar-refractivity contribution in [1.29, 1.82) is 0 Å². The predicted molar refractivity (Wildman–Crippen MR) is 88.0 cm³/mol. The van der Waals surface area contributed by atoms with Crippen molar-refractivity contribution in [3.05, 3.63) is 64.7 Å². The molecule has 0 spiro atoms. The largest absolute Gasteiger partial charge is 0.347 e. The summed E-state index contributed by atoms with van der Waals surface area (Å²) in [5.41, 5.74) is 2.59. The third-order valence-electron chi connectivity index (χ3n) is 3.21. The van der Waals surface area contributed by atoms with Crippen molar-refractivity contribution in [2.24, 2.45) is 0 Å². The molecule has 2 aromatic carbocycles. The van der Waals surface area contributed by atoms with Crippen molar-refractivity contribution in [2.45, 2.75) is 13.3 Å². The Hall–Kier alpha value is -2.33. The normalized spacial score (nSPS) is 10.1. The average Bonchev–Trinajstić information content (AvgIpc) is 2.51. The van der Waals surface area contributed by atoms with Gasteiger partial charge >= 0.3 is 11.8 Å². The van der Waals surface area contributed by atoms with Gasteiger partial charge in [0.1, 0.15) is 0 Å². The Kier molecular flexibility index (Phi) is 5.55. The predicted octanol–water partition coefficient (Wildman–Crippen LogP) is 2.95. The molecule has 4 nitrogen and oxygen atoms in total. The van der Waals surface area contributed by atoms with Crippen molar-refractivity contribution in [3.8, 4) is 0 Å². The summed E-state index contributed by atoms with van der Waals surface area (Å²) < 4.78 is 0. The molecule has 114 valence electrons. The summed E-state index contributed by atoms with van der Waals surface area (Å²) in [6.07, 6.45) is 0.639. The first-order chi connectivity index (χ1) is 10.6. The molecule has 2 rings (SSSR count). The molecule has 0 aromatic heterocycles. The van der Waals surface area contributed by atoms with Gasteiger partial charge in [0, 0.05) is 17.3 Å². The van der Waals surface area contributed by atoms with Gasteiger partial charge in [-0.3, -0.25) is 9.59 Å². The molecule has 0 saturated carbocycles. The van der Waals surface area contributed by atoms with Crippen LogP contribution in [0.1, 0.15) is 11.1 Å². The lowest BCUT2D eigenvalue weighted by atomic mass is 10.1.